The van der Waals surface area contributed by atoms with Crippen LogP contribution in [-0.4, -0.2) is 30.6 Å². The predicted molar refractivity (Wildman–Crippen MR) is 67.6 cm³/mol. The fraction of sp³-hybridized carbons (Fsp3) is 0.667. The summed E-state index contributed by atoms with van der Waals surface area (Å²) in [5, 5.41) is 3.39. The third kappa shape index (κ3) is 4.57. The van der Waals surface area contributed by atoms with Gasteiger partial charge in [0.15, 0.2) is 0 Å². The molecule has 0 atom stereocenters. The summed E-state index contributed by atoms with van der Waals surface area (Å²) >= 11 is 0. The zero-order valence-electron chi connectivity index (χ0n) is 10.5. The van der Waals surface area contributed by atoms with Crippen LogP contribution in [0, 0.1) is 0 Å². The molecule has 4 nitrogen and oxygen atoms in total. The van der Waals surface area contributed by atoms with Crippen molar-refractivity contribution in [1.82, 2.24) is 15.3 Å². The van der Waals surface area contributed by atoms with Crippen LogP contribution in [0.2, 0.25) is 0 Å². The van der Waals surface area contributed by atoms with Crippen LogP contribution in [0.25, 0.3) is 0 Å². The van der Waals surface area contributed by atoms with Gasteiger partial charge in [-0.05, 0) is 19.0 Å². The van der Waals surface area contributed by atoms with E-state index in [1.807, 2.05) is 31.3 Å². The van der Waals surface area contributed by atoms with E-state index in [0.717, 1.165) is 24.7 Å². The van der Waals surface area contributed by atoms with Gasteiger partial charge in [0.1, 0.15) is 0 Å². The number of nitrogens with zero attached hydrogens (tertiary/aromatic N) is 3. The Morgan fingerprint density at radius 2 is 2.12 bits per heavy atom. The molecular weight excluding hydrogens is 200 g/mol. The number of nitrogens with one attached hydrogen (secondary N) is 1. The highest BCUT2D eigenvalue weighted by atomic mass is 15.2. The Balaban J connectivity index is 2.33. The second-order valence-corrected chi connectivity index (χ2v) is 4.13. The number of rotatable bonds is 7. The van der Waals surface area contributed by atoms with E-state index in [1.165, 1.54) is 19.3 Å². The first kappa shape index (κ1) is 12.9. The van der Waals surface area contributed by atoms with Gasteiger partial charge in [0.25, 0.3) is 0 Å². The topological polar surface area (TPSA) is 41.1 Å². The van der Waals surface area contributed by atoms with Crippen LogP contribution in [0.5, 0.6) is 0 Å². The quantitative estimate of drug-likeness (QED) is 0.715. The average Bonchev–Trinajstić information content (AvgIpc) is 2.29. The third-order valence-electron chi connectivity index (χ3n) is 2.36. The maximum atomic E-state index is 4.44. The Bertz CT molecular complexity index is 299. The van der Waals surface area contributed by atoms with E-state index in [4.69, 9.17) is 0 Å². The van der Waals surface area contributed by atoms with E-state index >= 15 is 0 Å². The van der Waals surface area contributed by atoms with Crippen LogP contribution in [0.4, 0.5) is 5.95 Å². The summed E-state index contributed by atoms with van der Waals surface area (Å²) in [4.78, 5) is 10.5. The van der Waals surface area contributed by atoms with Crippen LogP contribution in [-0.2, 0) is 6.54 Å². The molecule has 1 rings (SSSR count). The third-order valence-corrected chi connectivity index (χ3v) is 2.36. The molecule has 1 heterocycles. The van der Waals surface area contributed by atoms with E-state index in [0.29, 0.717) is 0 Å². The lowest BCUT2D eigenvalue weighted by Gasteiger charge is -2.11. The van der Waals surface area contributed by atoms with Gasteiger partial charge in [0.2, 0.25) is 5.95 Å². The minimum absolute atomic E-state index is 0.771. The molecule has 0 radical (unpaired) electrons. The van der Waals surface area contributed by atoms with E-state index in [-0.39, 0.29) is 0 Å². The van der Waals surface area contributed by atoms with Gasteiger partial charge in [-0.1, -0.05) is 19.8 Å². The smallest absolute Gasteiger partial charge is 0.225 e. The van der Waals surface area contributed by atoms with E-state index in [2.05, 4.69) is 22.2 Å². The Morgan fingerprint density at radius 1 is 1.31 bits per heavy atom. The normalized spacial score (nSPS) is 10.4. The Labute approximate surface area is 98.1 Å². The minimum Gasteiger partial charge on any atom is -0.347 e. The van der Waals surface area contributed by atoms with Crippen molar-refractivity contribution in [2.45, 2.75) is 32.7 Å². The Morgan fingerprint density at radius 3 is 2.81 bits per heavy atom. The minimum atomic E-state index is 0.771. The largest absolute Gasteiger partial charge is 0.347 e. The molecule has 0 aliphatic rings. The van der Waals surface area contributed by atoms with Gasteiger partial charge in [0.05, 0.1) is 5.69 Å². The zero-order chi connectivity index (χ0) is 11.8. The van der Waals surface area contributed by atoms with E-state index < -0.39 is 0 Å². The predicted octanol–water partition coefficient (Wildman–Crippen LogP) is 1.82. The molecule has 0 aliphatic heterocycles. The molecule has 16 heavy (non-hydrogen) atoms. The zero-order valence-corrected chi connectivity index (χ0v) is 10.5. The molecule has 0 aliphatic carbocycles. The highest BCUT2D eigenvalue weighted by molar-refractivity contribution is 5.26. The van der Waals surface area contributed by atoms with Crippen molar-refractivity contribution in [3.05, 3.63) is 18.0 Å². The second kappa shape index (κ2) is 7.17. The van der Waals surface area contributed by atoms with Crippen LogP contribution in [0.15, 0.2) is 12.3 Å². The number of hydrogen-bond donors (Lipinski definition) is 1. The van der Waals surface area contributed by atoms with Crippen molar-refractivity contribution in [2.75, 3.05) is 25.5 Å². The van der Waals surface area contributed by atoms with Crippen molar-refractivity contribution in [2.24, 2.45) is 0 Å². The van der Waals surface area contributed by atoms with Gasteiger partial charge in [-0.3, -0.25) is 0 Å². The van der Waals surface area contributed by atoms with Crippen molar-refractivity contribution in [1.29, 1.82) is 0 Å². The first-order valence-corrected chi connectivity index (χ1v) is 5.94. The van der Waals surface area contributed by atoms with Crippen LogP contribution in [0.3, 0.4) is 0 Å². The molecule has 0 saturated heterocycles. The lowest BCUT2D eigenvalue weighted by Crippen LogP contribution is -2.18. The molecule has 0 unspecified atom stereocenters. The molecule has 4 heteroatoms. The first-order chi connectivity index (χ1) is 7.74. The summed E-state index contributed by atoms with van der Waals surface area (Å²) in [7, 11) is 3.90. The van der Waals surface area contributed by atoms with Crippen LogP contribution in [0.1, 0.15) is 31.9 Å². The van der Waals surface area contributed by atoms with Gasteiger partial charge in [0, 0.05) is 26.8 Å². The highest BCUT2D eigenvalue weighted by Crippen LogP contribution is 2.03. The SMILES string of the molecule is CCCCCNCc1ccnc(N(C)C)n1. The summed E-state index contributed by atoms with van der Waals surface area (Å²) in [6.07, 6.45) is 5.60. The summed E-state index contributed by atoms with van der Waals surface area (Å²) < 4.78 is 0. The molecule has 1 aromatic rings. The molecule has 0 spiro atoms. The summed E-state index contributed by atoms with van der Waals surface area (Å²) in [5.74, 6) is 0.771. The molecule has 0 bridgehead atoms. The lowest BCUT2D eigenvalue weighted by molar-refractivity contribution is 0.610. The molecule has 0 amide bonds. The van der Waals surface area contributed by atoms with Crippen LogP contribution >= 0.6 is 0 Å². The monoisotopic (exact) mass is 222 g/mol. The maximum Gasteiger partial charge on any atom is 0.225 e. The highest BCUT2D eigenvalue weighted by Gasteiger charge is 2.00. The van der Waals surface area contributed by atoms with Gasteiger partial charge in [-0.2, -0.15) is 0 Å². The molecule has 90 valence electrons. The van der Waals surface area contributed by atoms with Gasteiger partial charge < -0.3 is 10.2 Å². The molecule has 0 saturated carbocycles. The fourth-order valence-electron chi connectivity index (χ4n) is 1.41. The number of hydrogen-bond acceptors (Lipinski definition) is 4. The second-order valence-electron chi connectivity index (χ2n) is 4.13. The number of unbranched alkanes of at least 4 members (excludes halogenated alkanes) is 2. The average molecular weight is 222 g/mol. The fourth-order valence-corrected chi connectivity index (χ4v) is 1.41. The first-order valence-electron chi connectivity index (χ1n) is 5.94. The van der Waals surface area contributed by atoms with Crippen molar-refractivity contribution < 1.29 is 0 Å². The van der Waals surface area contributed by atoms with Crippen molar-refractivity contribution in [3.63, 3.8) is 0 Å². The van der Waals surface area contributed by atoms with Crippen molar-refractivity contribution >= 4 is 5.95 Å². The Hall–Kier alpha value is -1.16. The number of aromatic nitrogens is 2. The maximum absolute atomic E-state index is 4.44. The molecule has 1 N–H and O–H groups in total. The Kier molecular flexibility index (Phi) is 5.78. The molecule has 1 aromatic heterocycles. The molecular formula is C12H22N4. The summed E-state index contributed by atoms with van der Waals surface area (Å²) in [6, 6.07) is 1.96. The lowest BCUT2D eigenvalue weighted by atomic mass is 10.2. The summed E-state index contributed by atoms with van der Waals surface area (Å²) in [6.45, 7) is 4.11. The van der Waals surface area contributed by atoms with Gasteiger partial charge in [-0.25, -0.2) is 9.97 Å². The molecule has 0 fully saturated rings. The van der Waals surface area contributed by atoms with Crippen LogP contribution < -0.4 is 10.2 Å². The van der Waals surface area contributed by atoms with Gasteiger partial charge in [-0.15, -0.1) is 0 Å². The van der Waals surface area contributed by atoms with E-state index in [9.17, 15) is 0 Å². The van der Waals surface area contributed by atoms with Crippen molar-refractivity contribution in [3.8, 4) is 0 Å². The molecule has 0 aromatic carbocycles. The van der Waals surface area contributed by atoms with Gasteiger partial charge >= 0.3 is 0 Å². The standard InChI is InChI=1S/C12H22N4/c1-4-5-6-8-13-10-11-7-9-14-12(15-11)16(2)3/h7,9,13H,4-6,8,10H2,1-3H3. The van der Waals surface area contributed by atoms with E-state index in [1.54, 1.807) is 0 Å². The summed E-state index contributed by atoms with van der Waals surface area (Å²) in [5.41, 5.74) is 1.05. The number of anilines is 1.